The minimum absolute atomic E-state index is 0.0402. The first kappa shape index (κ1) is 19.6. The van der Waals surface area contributed by atoms with Crippen molar-refractivity contribution in [1.29, 1.82) is 5.26 Å². The van der Waals surface area contributed by atoms with Crippen LogP contribution in [0.3, 0.4) is 0 Å². The molecular formula is C19H20N2O4S. The summed E-state index contributed by atoms with van der Waals surface area (Å²) >= 11 is 0. The summed E-state index contributed by atoms with van der Waals surface area (Å²) in [4.78, 5) is 11.9. The van der Waals surface area contributed by atoms with Crippen LogP contribution >= 0.6 is 0 Å². The van der Waals surface area contributed by atoms with Crippen molar-refractivity contribution < 1.29 is 17.9 Å². The lowest BCUT2D eigenvalue weighted by Gasteiger charge is -2.09. The van der Waals surface area contributed by atoms with Crippen molar-refractivity contribution in [3.8, 4) is 6.07 Å². The van der Waals surface area contributed by atoms with E-state index in [-0.39, 0.29) is 24.5 Å². The van der Waals surface area contributed by atoms with Gasteiger partial charge in [0.05, 0.1) is 22.9 Å². The van der Waals surface area contributed by atoms with E-state index in [2.05, 4.69) is 4.72 Å². The second-order valence-electron chi connectivity index (χ2n) is 5.86. The summed E-state index contributed by atoms with van der Waals surface area (Å²) in [6, 6.07) is 13.6. The second-order valence-corrected chi connectivity index (χ2v) is 7.63. The molecule has 0 aliphatic rings. The van der Waals surface area contributed by atoms with E-state index in [9.17, 15) is 13.2 Å². The summed E-state index contributed by atoms with van der Waals surface area (Å²) in [5, 5.41) is 8.73. The van der Waals surface area contributed by atoms with Crippen molar-refractivity contribution in [3.63, 3.8) is 0 Å². The molecule has 0 bridgehead atoms. The van der Waals surface area contributed by atoms with E-state index < -0.39 is 16.0 Å². The summed E-state index contributed by atoms with van der Waals surface area (Å²) in [6.45, 7) is 3.79. The van der Waals surface area contributed by atoms with Crippen LogP contribution in [0.4, 0.5) is 0 Å². The van der Waals surface area contributed by atoms with Gasteiger partial charge in [-0.25, -0.2) is 13.1 Å². The van der Waals surface area contributed by atoms with Gasteiger partial charge in [-0.15, -0.1) is 0 Å². The number of nitrogens with one attached hydrogen (secondary N) is 1. The maximum atomic E-state index is 12.2. The Hall–Kier alpha value is -2.69. The molecule has 0 aromatic heterocycles. The van der Waals surface area contributed by atoms with Crippen molar-refractivity contribution in [2.45, 2.75) is 31.8 Å². The van der Waals surface area contributed by atoms with Gasteiger partial charge in [-0.1, -0.05) is 18.2 Å². The molecule has 0 radical (unpaired) electrons. The number of aryl methyl sites for hydroxylation is 2. The Morgan fingerprint density at radius 1 is 1.12 bits per heavy atom. The quantitative estimate of drug-likeness (QED) is 0.754. The molecule has 0 unspecified atom stereocenters. The van der Waals surface area contributed by atoms with Crippen molar-refractivity contribution >= 4 is 16.0 Å². The molecule has 0 fully saturated rings. The highest BCUT2D eigenvalue weighted by atomic mass is 32.2. The number of carbonyl (C=O) groups excluding carboxylic acids is 1. The molecule has 0 aliphatic heterocycles. The number of ether oxygens (including phenoxy) is 1. The highest BCUT2D eigenvalue weighted by Gasteiger charge is 2.15. The van der Waals surface area contributed by atoms with Crippen LogP contribution in [-0.4, -0.2) is 20.9 Å². The first-order valence-electron chi connectivity index (χ1n) is 8.03. The Bertz CT molecular complexity index is 929. The normalized spacial score (nSPS) is 11.0. The molecule has 2 aromatic rings. The van der Waals surface area contributed by atoms with E-state index in [4.69, 9.17) is 10.00 Å². The standard InChI is InChI=1S/C19H20N2O4S/c1-14-3-8-18(11-15(14)2)26(23,24)21-10-9-19(22)25-13-17-6-4-16(12-20)5-7-17/h3-8,11,21H,9-10,13H2,1-2H3. The molecule has 0 heterocycles. The SMILES string of the molecule is Cc1ccc(S(=O)(=O)NCCC(=O)OCc2ccc(C#N)cc2)cc1C. The minimum atomic E-state index is -3.66. The van der Waals surface area contributed by atoms with Crippen molar-refractivity contribution in [2.75, 3.05) is 6.54 Å². The van der Waals surface area contributed by atoms with Crippen LogP contribution in [0, 0.1) is 25.2 Å². The molecule has 0 atom stereocenters. The van der Waals surface area contributed by atoms with Gasteiger partial charge in [0.25, 0.3) is 0 Å². The number of sulfonamides is 1. The minimum Gasteiger partial charge on any atom is -0.461 e. The van der Waals surface area contributed by atoms with Crippen molar-refractivity contribution in [1.82, 2.24) is 4.72 Å². The first-order valence-corrected chi connectivity index (χ1v) is 9.52. The lowest BCUT2D eigenvalue weighted by atomic mass is 10.1. The fraction of sp³-hybridized carbons (Fsp3) is 0.263. The third-order valence-electron chi connectivity index (χ3n) is 3.89. The smallest absolute Gasteiger partial charge is 0.307 e. The van der Waals surface area contributed by atoms with Gasteiger partial charge in [0.15, 0.2) is 0 Å². The van der Waals surface area contributed by atoms with Crippen LogP contribution in [0.2, 0.25) is 0 Å². The monoisotopic (exact) mass is 372 g/mol. The van der Waals surface area contributed by atoms with E-state index in [1.165, 1.54) is 6.07 Å². The Kier molecular flexibility index (Phi) is 6.50. The predicted molar refractivity (Wildman–Crippen MR) is 96.7 cm³/mol. The van der Waals surface area contributed by atoms with Gasteiger partial charge < -0.3 is 4.74 Å². The summed E-state index contributed by atoms with van der Waals surface area (Å²) in [5.74, 6) is -0.503. The molecule has 0 spiro atoms. The largest absolute Gasteiger partial charge is 0.461 e. The van der Waals surface area contributed by atoms with Crippen LogP contribution in [0.1, 0.15) is 28.7 Å². The van der Waals surface area contributed by atoms with Crippen LogP contribution < -0.4 is 4.72 Å². The third-order valence-corrected chi connectivity index (χ3v) is 5.35. The van der Waals surface area contributed by atoms with Gasteiger partial charge in [0.1, 0.15) is 6.61 Å². The van der Waals surface area contributed by atoms with Gasteiger partial charge in [0.2, 0.25) is 10.0 Å². The van der Waals surface area contributed by atoms with Gasteiger partial charge in [-0.2, -0.15) is 5.26 Å². The Labute approximate surface area is 153 Å². The maximum absolute atomic E-state index is 12.2. The number of carbonyl (C=O) groups is 1. The molecular weight excluding hydrogens is 352 g/mol. The predicted octanol–water partition coefficient (Wildman–Crippen LogP) is 2.59. The van der Waals surface area contributed by atoms with E-state index in [0.717, 1.165) is 16.7 Å². The molecule has 0 saturated carbocycles. The van der Waals surface area contributed by atoms with Gasteiger partial charge in [-0.05, 0) is 54.8 Å². The molecule has 0 aliphatic carbocycles. The number of nitriles is 1. The topological polar surface area (TPSA) is 96.3 Å². The van der Waals surface area contributed by atoms with Gasteiger partial charge >= 0.3 is 5.97 Å². The van der Waals surface area contributed by atoms with E-state index in [1.54, 1.807) is 36.4 Å². The van der Waals surface area contributed by atoms with Gasteiger partial charge in [-0.3, -0.25) is 4.79 Å². The number of benzene rings is 2. The van der Waals surface area contributed by atoms with Crippen LogP contribution in [0.15, 0.2) is 47.4 Å². The number of hydrogen-bond donors (Lipinski definition) is 1. The van der Waals surface area contributed by atoms with Crippen molar-refractivity contribution in [2.24, 2.45) is 0 Å². The van der Waals surface area contributed by atoms with Crippen molar-refractivity contribution in [3.05, 3.63) is 64.7 Å². The van der Waals surface area contributed by atoms with E-state index in [1.807, 2.05) is 19.9 Å². The first-order chi connectivity index (χ1) is 12.3. The Morgan fingerprint density at radius 3 is 2.42 bits per heavy atom. The summed E-state index contributed by atoms with van der Waals surface area (Å²) in [6.07, 6.45) is -0.0691. The highest BCUT2D eigenvalue weighted by Crippen LogP contribution is 2.14. The number of rotatable bonds is 7. The number of nitrogens with zero attached hydrogens (tertiary/aromatic N) is 1. The molecule has 0 saturated heterocycles. The zero-order chi connectivity index (χ0) is 19.2. The highest BCUT2D eigenvalue weighted by molar-refractivity contribution is 7.89. The summed E-state index contributed by atoms with van der Waals surface area (Å²) in [5.41, 5.74) is 3.18. The third kappa shape index (κ3) is 5.41. The zero-order valence-corrected chi connectivity index (χ0v) is 15.5. The van der Waals surface area contributed by atoms with Gasteiger partial charge in [0, 0.05) is 6.54 Å². The number of hydrogen-bond acceptors (Lipinski definition) is 5. The van der Waals surface area contributed by atoms with Crippen LogP contribution in [0.25, 0.3) is 0 Å². The molecule has 136 valence electrons. The van der Waals surface area contributed by atoms with Crippen LogP contribution in [0.5, 0.6) is 0 Å². The molecule has 2 rings (SSSR count). The Morgan fingerprint density at radius 2 is 1.81 bits per heavy atom. The molecule has 26 heavy (non-hydrogen) atoms. The number of esters is 1. The maximum Gasteiger partial charge on any atom is 0.307 e. The fourth-order valence-electron chi connectivity index (χ4n) is 2.16. The molecule has 2 aromatic carbocycles. The molecule has 7 heteroatoms. The van der Waals surface area contributed by atoms with E-state index >= 15 is 0 Å². The molecule has 0 amide bonds. The fourth-order valence-corrected chi connectivity index (χ4v) is 3.28. The van der Waals surface area contributed by atoms with Crippen LogP contribution in [-0.2, 0) is 26.2 Å². The average molecular weight is 372 g/mol. The lowest BCUT2D eigenvalue weighted by molar-refractivity contribution is -0.144. The second kappa shape index (κ2) is 8.61. The summed E-state index contributed by atoms with van der Waals surface area (Å²) in [7, 11) is -3.66. The lowest BCUT2D eigenvalue weighted by Crippen LogP contribution is -2.26. The van der Waals surface area contributed by atoms with E-state index in [0.29, 0.717) is 5.56 Å². The average Bonchev–Trinajstić information content (AvgIpc) is 2.62. The Balaban J connectivity index is 1.81. The zero-order valence-electron chi connectivity index (χ0n) is 14.7. The molecule has 1 N–H and O–H groups in total. The summed E-state index contributed by atoms with van der Waals surface area (Å²) < 4.78 is 32.0. The molecule has 6 nitrogen and oxygen atoms in total.